The molecular weight excluding hydrogens is 394 g/mol. The SMILES string of the molecule is C[C@H](N)C(=O)N[C@@H](CCCCN)C(=O)N[C@@H](Cc1cnc[nH]1)C(=O)N[C@@H](C)C(=O)O. The maximum atomic E-state index is 12.8. The van der Waals surface area contributed by atoms with Crippen molar-refractivity contribution in [3.05, 3.63) is 18.2 Å². The van der Waals surface area contributed by atoms with E-state index in [1.54, 1.807) is 0 Å². The Morgan fingerprint density at radius 1 is 1.07 bits per heavy atom. The molecule has 3 amide bonds. The van der Waals surface area contributed by atoms with Gasteiger partial charge >= 0.3 is 5.97 Å². The summed E-state index contributed by atoms with van der Waals surface area (Å²) in [6.45, 7) is 3.24. The molecule has 168 valence electrons. The number of aromatic amines is 1. The molecule has 1 aromatic heterocycles. The Bertz CT molecular complexity index is 708. The number of nitrogens with one attached hydrogen (secondary N) is 4. The Kier molecular flexibility index (Phi) is 10.5. The first-order chi connectivity index (χ1) is 14.1. The molecule has 1 aromatic rings. The molecule has 9 N–H and O–H groups in total. The van der Waals surface area contributed by atoms with Gasteiger partial charge in [-0.25, -0.2) is 4.98 Å². The Labute approximate surface area is 174 Å². The first-order valence-corrected chi connectivity index (χ1v) is 9.72. The van der Waals surface area contributed by atoms with Crippen LogP contribution in [0.1, 0.15) is 38.8 Å². The number of H-pyrrole nitrogens is 1. The smallest absolute Gasteiger partial charge is 0.325 e. The minimum atomic E-state index is -1.21. The number of aliphatic carboxylic acids is 1. The second-order valence-corrected chi connectivity index (χ2v) is 7.04. The van der Waals surface area contributed by atoms with Crippen LogP contribution in [-0.4, -0.2) is 69.5 Å². The van der Waals surface area contributed by atoms with E-state index in [1.807, 2.05) is 0 Å². The van der Waals surface area contributed by atoms with Crippen molar-refractivity contribution in [1.82, 2.24) is 25.9 Å². The number of rotatable bonds is 13. The molecule has 12 nitrogen and oxygen atoms in total. The van der Waals surface area contributed by atoms with Gasteiger partial charge in [0, 0.05) is 18.3 Å². The van der Waals surface area contributed by atoms with E-state index in [0.29, 0.717) is 31.5 Å². The second kappa shape index (κ2) is 12.5. The second-order valence-electron chi connectivity index (χ2n) is 7.04. The van der Waals surface area contributed by atoms with Crippen molar-refractivity contribution in [3.8, 4) is 0 Å². The number of amides is 3. The third kappa shape index (κ3) is 8.57. The summed E-state index contributed by atoms with van der Waals surface area (Å²) in [6.07, 6.45) is 4.52. The van der Waals surface area contributed by atoms with Gasteiger partial charge in [-0.3, -0.25) is 19.2 Å². The molecular formula is C18H31N7O5. The van der Waals surface area contributed by atoms with Crippen molar-refractivity contribution in [2.24, 2.45) is 11.5 Å². The summed E-state index contributed by atoms with van der Waals surface area (Å²) in [4.78, 5) is 55.2. The van der Waals surface area contributed by atoms with E-state index in [9.17, 15) is 19.2 Å². The lowest BCUT2D eigenvalue weighted by atomic mass is 10.1. The molecule has 0 aromatic carbocycles. The average molecular weight is 425 g/mol. The molecule has 12 heteroatoms. The van der Waals surface area contributed by atoms with Gasteiger partial charge in [0.2, 0.25) is 17.7 Å². The van der Waals surface area contributed by atoms with E-state index >= 15 is 0 Å². The van der Waals surface area contributed by atoms with Crippen molar-refractivity contribution in [3.63, 3.8) is 0 Å². The quantitative estimate of drug-likeness (QED) is 0.175. The number of unbranched alkanes of at least 4 members (excludes halogenated alkanes) is 1. The minimum absolute atomic E-state index is 0.0562. The number of carbonyl (C=O) groups is 4. The van der Waals surface area contributed by atoms with Crippen molar-refractivity contribution >= 4 is 23.7 Å². The Hall–Kier alpha value is -2.99. The fraction of sp³-hybridized carbons (Fsp3) is 0.611. The number of nitrogens with zero attached hydrogens (tertiary/aromatic N) is 1. The van der Waals surface area contributed by atoms with Crippen LogP contribution < -0.4 is 27.4 Å². The zero-order valence-corrected chi connectivity index (χ0v) is 17.2. The van der Waals surface area contributed by atoms with Crippen LogP contribution in [0.3, 0.4) is 0 Å². The topological polar surface area (TPSA) is 205 Å². The zero-order valence-electron chi connectivity index (χ0n) is 17.2. The molecule has 0 spiro atoms. The van der Waals surface area contributed by atoms with Crippen molar-refractivity contribution in [2.75, 3.05) is 6.54 Å². The number of carboxylic acid groups (broad SMARTS) is 1. The lowest BCUT2D eigenvalue weighted by molar-refractivity contribution is -0.141. The third-order valence-electron chi connectivity index (χ3n) is 4.33. The van der Waals surface area contributed by atoms with Crippen molar-refractivity contribution in [1.29, 1.82) is 0 Å². The largest absolute Gasteiger partial charge is 0.480 e. The number of carboxylic acids is 1. The van der Waals surface area contributed by atoms with Gasteiger partial charge in [0.05, 0.1) is 12.4 Å². The van der Waals surface area contributed by atoms with Crippen LogP contribution >= 0.6 is 0 Å². The summed E-state index contributed by atoms with van der Waals surface area (Å²) >= 11 is 0. The van der Waals surface area contributed by atoms with E-state index in [1.165, 1.54) is 26.4 Å². The van der Waals surface area contributed by atoms with Crippen LogP contribution in [0.4, 0.5) is 0 Å². The summed E-state index contributed by atoms with van der Waals surface area (Å²) in [5.41, 5.74) is 11.6. The molecule has 30 heavy (non-hydrogen) atoms. The molecule has 0 fully saturated rings. The number of carbonyl (C=O) groups excluding carboxylic acids is 3. The lowest BCUT2D eigenvalue weighted by Crippen LogP contribution is -2.57. The molecule has 0 aliphatic rings. The minimum Gasteiger partial charge on any atom is -0.480 e. The fourth-order valence-electron chi connectivity index (χ4n) is 2.54. The monoisotopic (exact) mass is 425 g/mol. The highest BCUT2D eigenvalue weighted by Gasteiger charge is 2.29. The maximum absolute atomic E-state index is 12.8. The summed E-state index contributed by atoms with van der Waals surface area (Å²) in [6, 6.07) is -3.94. The highest BCUT2D eigenvalue weighted by molar-refractivity contribution is 5.94. The number of hydrogen-bond acceptors (Lipinski definition) is 7. The van der Waals surface area contributed by atoms with Gasteiger partial charge < -0.3 is 37.5 Å². The molecule has 0 aliphatic carbocycles. The van der Waals surface area contributed by atoms with Gasteiger partial charge in [-0.05, 0) is 39.7 Å². The summed E-state index contributed by atoms with van der Waals surface area (Å²) < 4.78 is 0. The summed E-state index contributed by atoms with van der Waals surface area (Å²) in [5.74, 6) is -2.97. The van der Waals surface area contributed by atoms with Crippen LogP contribution in [0, 0.1) is 0 Å². The van der Waals surface area contributed by atoms with E-state index in [0.717, 1.165) is 0 Å². The predicted octanol–water partition coefficient (Wildman–Crippen LogP) is -2.01. The van der Waals surface area contributed by atoms with E-state index in [4.69, 9.17) is 16.6 Å². The lowest BCUT2D eigenvalue weighted by Gasteiger charge is -2.24. The summed E-state index contributed by atoms with van der Waals surface area (Å²) in [7, 11) is 0. The Morgan fingerprint density at radius 3 is 2.23 bits per heavy atom. The number of nitrogens with two attached hydrogens (primary N) is 2. The van der Waals surface area contributed by atoms with Crippen LogP contribution in [0.5, 0.6) is 0 Å². The van der Waals surface area contributed by atoms with Crippen LogP contribution in [0.2, 0.25) is 0 Å². The van der Waals surface area contributed by atoms with Gasteiger partial charge in [0.25, 0.3) is 0 Å². The molecule has 0 radical (unpaired) electrons. The third-order valence-corrected chi connectivity index (χ3v) is 4.33. The average Bonchev–Trinajstić information content (AvgIpc) is 3.19. The number of imidazole rings is 1. The fourth-order valence-corrected chi connectivity index (χ4v) is 2.54. The molecule has 4 atom stereocenters. The van der Waals surface area contributed by atoms with Gasteiger partial charge in [0.15, 0.2) is 0 Å². The maximum Gasteiger partial charge on any atom is 0.325 e. The summed E-state index contributed by atoms with van der Waals surface area (Å²) in [5, 5.41) is 16.5. The van der Waals surface area contributed by atoms with Crippen LogP contribution in [0.25, 0.3) is 0 Å². The first kappa shape index (κ1) is 25.0. The highest BCUT2D eigenvalue weighted by Crippen LogP contribution is 2.05. The normalized spacial score (nSPS) is 14.8. The highest BCUT2D eigenvalue weighted by atomic mass is 16.4. The number of hydrogen-bond donors (Lipinski definition) is 7. The predicted molar refractivity (Wildman–Crippen MR) is 108 cm³/mol. The van der Waals surface area contributed by atoms with Crippen LogP contribution in [0.15, 0.2) is 12.5 Å². The molecule has 0 aliphatic heterocycles. The van der Waals surface area contributed by atoms with Gasteiger partial charge in [0.1, 0.15) is 18.1 Å². The van der Waals surface area contributed by atoms with Gasteiger partial charge in [-0.1, -0.05) is 0 Å². The van der Waals surface area contributed by atoms with Crippen LogP contribution in [-0.2, 0) is 25.6 Å². The standard InChI is InChI=1S/C18H31N7O5/c1-10(20)15(26)24-13(5-3-4-6-19)16(27)25-14(7-12-8-21-9-22-12)17(28)23-11(2)18(29)30/h8-11,13-14H,3-7,19-20H2,1-2H3,(H,21,22)(H,23,28)(H,24,26)(H,25,27)(H,29,30)/t10-,11-,13-,14-/m0/s1. The molecule has 0 saturated carbocycles. The molecule has 1 rings (SSSR count). The molecule has 1 heterocycles. The number of aromatic nitrogens is 2. The Balaban J connectivity index is 2.94. The van der Waals surface area contributed by atoms with Gasteiger partial charge in [-0.15, -0.1) is 0 Å². The van der Waals surface area contributed by atoms with E-state index in [2.05, 4.69) is 25.9 Å². The first-order valence-electron chi connectivity index (χ1n) is 9.72. The molecule has 0 bridgehead atoms. The van der Waals surface area contributed by atoms with Crippen molar-refractivity contribution in [2.45, 2.75) is 63.7 Å². The molecule has 0 saturated heterocycles. The van der Waals surface area contributed by atoms with Gasteiger partial charge in [-0.2, -0.15) is 0 Å². The van der Waals surface area contributed by atoms with Crippen molar-refractivity contribution < 1.29 is 24.3 Å². The van der Waals surface area contributed by atoms with E-state index < -0.39 is 47.9 Å². The zero-order chi connectivity index (χ0) is 22.7. The van der Waals surface area contributed by atoms with E-state index in [-0.39, 0.29) is 6.42 Å². The molecule has 0 unspecified atom stereocenters. The Morgan fingerprint density at radius 2 is 1.70 bits per heavy atom.